The molecule has 0 atom stereocenters. The van der Waals surface area contributed by atoms with Crippen LogP contribution in [0, 0.1) is 6.92 Å². The lowest BCUT2D eigenvalue weighted by Crippen LogP contribution is -1.77. The Labute approximate surface area is 80.6 Å². The van der Waals surface area contributed by atoms with Crippen molar-refractivity contribution in [2.45, 2.75) is 6.92 Å². The SMILES string of the molecule is Cc1ccc(O)c(-c2ccns2)c1. The lowest BCUT2D eigenvalue weighted by Gasteiger charge is -2.01. The third-order valence-corrected chi connectivity index (χ3v) is 2.64. The third-order valence-electron chi connectivity index (χ3n) is 1.86. The van der Waals surface area contributed by atoms with E-state index in [9.17, 15) is 5.11 Å². The minimum absolute atomic E-state index is 0.315. The molecule has 0 radical (unpaired) electrons. The summed E-state index contributed by atoms with van der Waals surface area (Å²) >= 11 is 1.39. The second-order valence-electron chi connectivity index (χ2n) is 2.90. The van der Waals surface area contributed by atoms with Gasteiger partial charge in [-0.3, -0.25) is 0 Å². The van der Waals surface area contributed by atoms with Crippen molar-refractivity contribution in [2.75, 3.05) is 0 Å². The van der Waals surface area contributed by atoms with Gasteiger partial charge in [-0.05, 0) is 36.7 Å². The summed E-state index contributed by atoms with van der Waals surface area (Å²) in [6.07, 6.45) is 1.74. The summed E-state index contributed by atoms with van der Waals surface area (Å²) in [6, 6.07) is 7.46. The van der Waals surface area contributed by atoms with E-state index in [1.165, 1.54) is 11.5 Å². The Kier molecular flexibility index (Phi) is 2.02. The molecule has 1 N–H and O–H groups in total. The molecular formula is C10H9NOS. The largest absolute Gasteiger partial charge is 0.507 e. The van der Waals surface area contributed by atoms with E-state index in [2.05, 4.69) is 4.37 Å². The van der Waals surface area contributed by atoms with Crippen LogP contribution in [0.15, 0.2) is 30.5 Å². The summed E-state index contributed by atoms with van der Waals surface area (Å²) in [7, 11) is 0. The zero-order chi connectivity index (χ0) is 9.26. The molecule has 0 aliphatic rings. The summed E-state index contributed by atoms with van der Waals surface area (Å²) in [6.45, 7) is 2.00. The zero-order valence-electron chi connectivity index (χ0n) is 7.19. The van der Waals surface area contributed by atoms with Gasteiger partial charge in [0.2, 0.25) is 0 Å². The molecule has 1 heterocycles. The number of hydrogen-bond acceptors (Lipinski definition) is 3. The highest BCUT2D eigenvalue weighted by atomic mass is 32.1. The van der Waals surface area contributed by atoms with Crippen LogP contribution in [-0.2, 0) is 0 Å². The molecule has 2 rings (SSSR count). The first kappa shape index (κ1) is 8.26. The number of hydrogen-bond donors (Lipinski definition) is 1. The molecule has 0 aliphatic carbocycles. The van der Waals surface area contributed by atoms with E-state index < -0.39 is 0 Å². The van der Waals surface area contributed by atoms with Gasteiger partial charge < -0.3 is 5.11 Å². The molecule has 0 bridgehead atoms. The van der Waals surface area contributed by atoms with Gasteiger partial charge in [-0.2, -0.15) is 0 Å². The van der Waals surface area contributed by atoms with Crippen LogP contribution >= 0.6 is 11.5 Å². The summed E-state index contributed by atoms with van der Waals surface area (Å²) < 4.78 is 4.00. The van der Waals surface area contributed by atoms with Gasteiger partial charge in [0.1, 0.15) is 5.75 Å². The number of phenolic OH excluding ortho intramolecular Hbond substituents is 1. The van der Waals surface area contributed by atoms with Crippen molar-refractivity contribution >= 4 is 11.5 Å². The van der Waals surface area contributed by atoms with Crippen LogP contribution in [0.1, 0.15) is 5.56 Å². The molecule has 2 aromatic rings. The van der Waals surface area contributed by atoms with Crippen LogP contribution in [0.4, 0.5) is 0 Å². The van der Waals surface area contributed by atoms with Gasteiger partial charge in [0.15, 0.2) is 0 Å². The van der Waals surface area contributed by atoms with Crippen molar-refractivity contribution in [3.8, 4) is 16.2 Å². The minimum Gasteiger partial charge on any atom is -0.507 e. The van der Waals surface area contributed by atoms with Gasteiger partial charge in [-0.1, -0.05) is 11.6 Å². The summed E-state index contributed by atoms with van der Waals surface area (Å²) in [4.78, 5) is 1.00. The Morgan fingerprint density at radius 3 is 2.85 bits per heavy atom. The maximum atomic E-state index is 9.59. The molecule has 0 amide bonds. The highest BCUT2D eigenvalue weighted by Gasteiger charge is 2.05. The summed E-state index contributed by atoms with van der Waals surface area (Å²) in [5, 5.41) is 9.59. The molecule has 0 saturated heterocycles. The van der Waals surface area contributed by atoms with E-state index in [1.54, 1.807) is 12.3 Å². The van der Waals surface area contributed by atoms with E-state index in [1.807, 2.05) is 25.1 Å². The molecule has 13 heavy (non-hydrogen) atoms. The smallest absolute Gasteiger partial charge is 0.124 e. The van der Waals surface area contributed by atoms with Gasteiger partial charge in [0.05, 0.1) is 4.88 Å². The fraction of sp³-hybridized carbons (Fsp3) is 0.100. The van der Waals surface area contributed by atoms with Crippen molar-refractivity contribution in [3.05, 3.63) is 36.0 Å². The Morgan fingerprint density at radius 2 is 2.15 bits per heavy atom. The number of aromatic nitrogens is 1. The molecule has 0 aliphatic heterocycles. The van der Waals surface area contributed by atoms with E-state index in [-0.39, 0.29) is 0 Å². The highest BCUT2D eigenvalue weighted by Crippen LogP contribution is 2.31. The number of phenols is 1. The second kappa shape index (κ2) is 3.18. The Bertz CT molecular complexity index is 409. The van der Waals surface area contributed by atoms with Gasteiger partial charge in [-0.25, -0.2) is 4.37 Å². The quantitative estimate of drug-likeness (QED) is 0.751. The topological polar surface area (TPSA) is 33.1 Å². The average Bonchev–Trinajstić information content (AvgIpc) is 2.61. The predicted molar refractivity (Wildman–Crippen MR) is 54.0 cm³/mol. The van der Waals surface area contributed by atoms with Crippen molar-refractivity contribution < 1.29 is 5.11 Å². The molecule has 0 saturated carbocycles. The van der Waals surface area contributed by atoms with Crippen LogP contribution in [-0.4, -0.2) is 9.48 Å². The molecule has 66 valence electrons. The summed E-state index contributed by atoms with van der Waals surface area (Å²) in [5.41, 5.74) is 2.00. The molecular weight excluding hydrogens is 182 g/mol. The van der Waals surface area contributed by atoms with Crippen molar-refractivity contribution in [1.29, 1.82) is 0 Å². The molecule has 1 aromatic heterocycles. The number of aryl methyl sites for hydroxylation is 1. The molecule has 0 fully saturated rings. The standard InChI is InChI=1S/C10H9NOS/c1-7-2-3-9(12)8(6-7)10-4-5-11-13-10/h2-6,12H,1H3. The number of rotatable bonds is 1. The minimum atomic E-state index is 0.315. The lowest BCUT2D eigenvalue weighted by molar-refractivity contribution is 0.477. The molecule has 2 nitrogen and oxygen atoms in total. The van der Waals surface area contributed by atoms with Crippen LogP contribution in [0.25, 0.3) is 10.4 Å². The van der Waals surface area contributed by atoms with E-state index in [0.29, 0.717) is 5.75 Å². The Hall–Kier alpha value is -1.35. The number of benzene rings is 1. The Morgan fingerprint density at radius 1 is 1.31 bits per heavy atom. The number of nitrogens with zero attached hydrogens (tertiary/aromatic N) is 1. The maximum Gasteiger partial charge on any atom is 0.124 e. The van der Waals surface area contributed by atoms with E-state index in [0.717, 1.165) is 16.0 Å². The fourth-order valence-corrected chi connectivity index (χ4v) is 1.82. The Balaban J connectivity index is 2.57. The van der Waals surface area contributed by atoms with Gasteiger partial charge in [0, 0.05) is 11.8 Å². The summed E-state index contributed by atoms with van der Waals surface area (Å²) in [5.74, 6) is 0.315. The van der Waals surface area contributed by atoms with Crippen molar-refractivity contribution in [3.63, 3.8) is 0 Å². The first-order chi connectivity index (χ1) is 6.27. The lowest BCUT2D eigenvalue weighted by atomic mass is 10.1. The zero-order valence-corrected chi connectivity index (χ0v) is 8.01. The van der Waals surface area contributed by atoms with Crippen molar-refractivity contribution in [2.24, 2.45) is 0 Å². The van der Waals surface area contributed by atoms with Crippen LogP contribution in [0.2, 0.25) is 0 Å². The van der Waals surface area contributed by atoms with Crippen LogP contribution in [0.5, 0.6) is 5.75 Å². The van der Waals surface area contributed by atoms with Gasteiger partial charge in [-0.15, -0.1) is 0 Å². The first-order valence-corrected chi connectivity index (χ1v) is 4.75. The average molecular weight is 191 g/mol. The third kappa shape index (κ3) is 1.55. The normalized spacial score (nSPS) is 10.2. The van der Waals surface area contributed by atoms with E-state index >= 15 is 0 Å². The molecule has 1 aromatic carbocycles. The molecule has 0 spiro atoms. The fourth-order valence-electron chi connectivity index (χ4n) is 1.20. The maximum absolute atomic E-state index is 9.59. The van der Waals surface area contributed by atoms with Crippen LogP contribution < -0.4 is 0 Å². The molecule has 3 heteroatoms. The van der Waals surface area contributed by atoms with Gasteiger partial charge >= 0.3 is 0 Å². The molecule has 0 unspecified atom stereocenters. The second-order valence-corrected chi connectivity index (χ2v) is 3.73. The van der Waals surface area contributed by atoms with Crippen LogP contribution in [0.3, 0.4) is 0 Å². The predicted octanol–water partition coefficient (Wildman–Crippen LogP) is 2.82. The number of aromatic hydroxyl groups is 1. The van der Waals surface area contributed by atoms with Crippen molar-refractivity contribution in [1.82, 2.24) is 4.37 Å². The van der Waals surface area contributed by atoms with E-state index in [4.69, 9.17) is 0 Å². The highest BCUT2D eigenvalue weighted by molar-refractivity contribution is 7.09. The van der Waals surface area contributed by atoms with Gasteiger partial charge in [0.25, 0.3) is 0 Å². The first-order valence-electron chi connectivity index (χ1n) is 3.98. The monoisotopic (exact) mass is 191 g/mol.